The smallest absolute Gasteiger partial charge is 0.219 e. The maximum Gasteiger partial charge on any atom is 0.219 e. The molecule has 1 aromatic carbocycles. The van der Waals surface area contributed by atoms with Crippen LogP contribution in [0, 0.1) is 11.3 Å². The molecule has 0 saturated carbocycles. The molecule has 0 fully saturated rings. The van der Waals surface area contributed by atoms with Crippen LogP contribution in [0.5, 0.6) is 11.6 Å². The van der Waals surface area contributed by atoms with Gasteiger partial charge in [-0.25, -0.2) is 19.0 Å². The molecule has 30 heavy (non-hydrogen) atoms. The molecule has 3 aromatic rings. The molecule has 0 radical (unpaired) electrons. The van der Waals surface area contributed by atoms with Gasteiger partial charge in [0.25, 0.3) is 0 Å². The molecule has 2 aromatic heterocycles. The van der Waals surface area contributed by atoms with Crippen LogP contribution in [0.4, 0.5) is 10.2 Å². The van der Waals surface area contributed by atoms with E-state index in [-0.39, 0.29) is 6.54 Å². The summed E-state index contributed by atoms with van der Waals surface area (Å²) in [5.41, 5.74) is 6.68. The number of hydrogen-bond donors (Lipinski definition) is 1. The number of anilines is 1. The van der Waals surface area contributed by atoms with Crippen LogP contribution in [0.3, 0.4) is 0 Å². The molecule has 1 atom stereocenters. The minimum absolute atomic E-state index is 0.136. The number of nitrogens with two attached hydrogens (primary N) is 1. The van der Waals surface area contributed by atoms with E-state index in [1.807, 2.05) is 6.07 Å². The van der Waals surface area contributed by atoms with Crippen molar-refractivity contribution in [2.45, 2.75) is 20.0 Å². The maximum absolute atomic E-state index is 13.8. The van der Waals surface area contributed by atoms with Crippen LogP contribution in [0.1, 0.15) is 31.1 Å². The topological polar surface area (TPSA) is 106 Å². The highest BCUT2D eigenvalue weighted by molar-refractivity contribution is 5.66. The van der Waals surface area contributed by atoms with Crippen LogP contribution in [0.25, 0.3) is 11.4 Å². The molecule has 0 amide bonds. The zero-order valence-corrected chi connectivity index (χ0v) is 17.2. The molecular formula is C21H24FN7O. The van der Waals surface area contributed by atoms with E-state index < -0.39 is 6.17 Å². The molecule has 9 heteroatoms. The quantitative estimate of drug-likeness (QED) is 0.608. The van der Waals surface area contributed by atoms with Gasteiger partial charge in [0.05, 0.1) is 17.2 Å². The lowest BCUT2D eigenvalue weighted by atomic mass is 10.1. The van der Waals surface area contributed by atoms with Gasteiger partial charge in [-0.3, -0.25) is 0 Å². The number of rotatable bonds is 8. The fourth-order valence-corrected chi connectivity index (χ4v) is 2.98. The first-order valence-corrected chi connectivity index (χ1v) is 9.68. The number of hydrogen-bond acceptors (Lipinski definition) is 7. The van der Waals surface area contributed by atoms with Crippen LogP contribution < -0.4 is 15.4 Å². The molecule has 0 aliphatic carbocycles. The van der Waals surface area contributed by atoms with Gasteiger partial charge in [0.15, 0.2) is 11.6 Å². The number of halogens is 1. The summed E-state index contributed by atoms with van der Waals surface area (Å²) in [6.07, 6.45) is 1.50. The molecule has 2 N–H and O–H groups in total. The first-order chi connectivity index (χ1) is 14.5. The van der Waals surface area contributed by atoms with E-state index in [1.165, 1.54) is 12.4 Å². The third kappa shape index (κ3) is 4.39. The summed E-state index contributed by atoms with van der Waals surface area (Å²) < 4.78 is 21.5. The highest BCUT2D eigenvalue weighted by atomic mass is 19.1. The van der Waals surface area contributed by atoms with Crippen molar-refractivity contribution in [1.82, 2.24) is 19.7 Å². The third-order valence-electron chi connectivity index (χ3n) is 4.72. The van der Waals surface area contributed by atoms with E-state index in [1.54, 1.807) is 29.9 Å². The van der Waals surface area contributed by atoms with Gasteiger partial charge in [0, 0.05) is 50.7 Å². The Balaban J connectivity index is 1.98. The number of nitrogens with zero attached hydrogens (tertiary/aromatic N) is 6. The van der Waals surface area contributed by atoms with Crippen molar-refractivity contribution in [2.75, 3.05) is 24.5 Å². The van der Waals surface area contributed by atoms with Crippen LogP contribution in [-0.4, -0.2) is 39.4 Å². The minimum Gasteiger partial charge on any atom is -0.438 e. The molecule has 0 spiro atoms. The number of benzene rings is 1. The molecule has 156 valence electrons. The predicted molar refractivity (Wildman–Crippen MR) is 112 cm³/mol. The second-order valence-corrected chi connectivity index (χ2v) is 6.60. The van der Waals surface area contributed by atoms with Gasteiger partial charge in [0.1, 0.15) is 11.9 Å². The summed E-state index contributed by atoms with van der Waals surface area (Å²) in [5, 5.41) is 13.8. The van der Waals surface area contributed by atoms with Gasteiger partial charge in [-0.05, 0) is 32.0 Å². The zero-order chi connectivity index (χ0) is 21.7. The van der Waals surface area contributed by atoms with Crippen molar-refractivity contribution in [3.8, 4) is 29.1 Å². The Bertz CT molecular complexity index is 1040. The minimum atomic E-state index is -1.32. The molecular weight excluding hydrogens is 385 g/mol. The Labute approximate surface area is 174 Å². The Morgan fingerprint density at radius 3 is 2.53 bits per heavy atom. The second kappa shape index (κ2) is 9.33. The lowest BCUT2D eigenvalue weighted by molar-refractivity contribution is 0.351. The van der Waals surface area contributed by atoms with Crippen LogP contribution in [0.15, 0.2) is 36.7 Å². The zero-order valence-electron chi connectivity index (χ0n) is 17.2. The van der Waals surface area contributed by atoms with Crippen molar-refractivity contribution < 1.29 is 9.13 Å². The fourth-order valence-electron chi connectivity index (χ4n) is 2.98. The van der Waals surface area contributed by atoms with E-state index in [2.05, 4.69) is 39.9 Å². The molecule has 2 heterocycles. The van der Waals surface area contributed by atoms with E-state index in [0.717, 1.165) is 18.9 Å². The van der Waals surface area contributed by atoms with Crippen LogP contribution >= 0.6 is 0 Å². The Kier molecular flexibility index (Phi) is 6.59. The van der Waals surface area contributed by atoms with Crippen LogP contribution in [0.2, 0.25) is 0 Å². The molecule has 3 rings (SSSR count). The summed E-state index contributed by atoms with van der Waals surface area (Å²) in [6, 6.07) is 8.93. The number of alkyl halides is 1. The maximum atomic E-state index is 13.8. The van der Waals surface area contributed by atoms with Crippen molar-refractivity contribution in [3.05, 3.63) is 47.8 Å². The molecule has 0 unspecified atom stereocenters. The summed E-state index contributed by atoms with van der Waals surface area (Å²) in [4.78, 5) is 10.6. The standard InChI is InChI=1S/C21H24FN7O/c1-4-29(5-2)19-9-20(28(3)27-19)30-18-8-14(10-23)6-7-16(18)21-25-12-15(13-26-21)17(22)11-24/h6-9,12-13,17H,4-5,11,24H2,1-3H3/t17-/m0/s1. The van der Waals surface area contributed by atoms with E-state index >= 15 is 0 Å². The van der Waals surface area contributed by atoms with E-state index in [0.29, 0.717) is 34.1 Å². The lowest BCUT2D eigenvalue weighted by Gasteiger charge is -2.16. The van der Waals surface area contributed by atoms with Gasteiger partial charge in [0.2, 0.25) is 5.88 Å². The molecule has 8 nitrogen and oxygen atoms in total. The normalized spacial score (nSPS) is 11.7. The average molecular weight is 409 g/mol. The first-order valence-electron chi connectivity index (χ1n) is 9.68. The average Bonchev–Trinajstić information content (AvgIpc) is 3.14. The number of aryl methyl sites for hydroxylation is 1. The van der Waals surface area contributed by atoms with Crippen molar-refractivity contribution in [1.29, 1.82) is 5.26 Å². The Morgan fingerprint density at radius 1 is 1.23 bits per heavy atom. The highest BCUT2D eigenvalue weighted by Gasteiger charge is 2.17. The Hall–Kier alpha value is -3.51. The first kappa shape index (κ1) is 21.2. The van der Waals surface area contributed by atoms with E-state index in [4.69, 9.17) is 10.5 Å². The third-order valence-corrected chi connectivity index (χ3v) is 4.72. The predicted octanol–water partition coefficient (Wildman–Crippen LogP) is 3.36. The number of nitriles is 1. The van der Waals surface area contributed by atoms with Gasteiger partial charge in [-0.15, -0.1) is 0 Å². The SMILES string of the molecule is CCN(CC)c1cc(Oc2cc(C#N)ccc2-c2ncc([C@@H](F)CN)cn2)n(C)n1. The van der Waals surface area contributed by atoms with Gasteiger partial charge >= 0.3 is 0 Å². The van der Waals surface area contributed by atoms with E-state index in [9.17, 15) is 9.65 Å². The van der Waals surface area contributed by atoms with Crippen molar-refractivity contribution >= 4 is 5.82 Å². The lowest BCUT2D eigenvalue weighted by Crippen LogP contribution is -2.22. The summed E-state index contributed by atoms with van der Waals surface area (Å²) in [5.74, 6) is 2.07. The van der Waals surface area contributed by atoms with Gasteiger partial charge < -0.3 is 15.4 Å². The summed E-state index contributed by atoms with van der Waals surface area (Å²) in [7, 11) is 1.79. The van der Waals surface area contributed by atoms with Gasteiger partial charge in [-0.1, -0.05) is 0 Å². The molecule has 0 bridgehead atoms. The second-order valence-electron chi connectivity index (χ2n) is 6.60. The molecule has 0 aliphatic rings. The van der Waals surface area contributed by atoms with Crippen LogP contribution in [-0.2, 0) is 7.05 Å². The van der Waals surface area contributed by atoms with Crippen molar-refractivity contribution in [2.24, 2.45) is 12.8 Å². The Morgan fingerprint density at radius 2 is 1.93 bits per heavy atom. The highest BCUT2D eigenvalue weighted by Crippen LogP contribution is 2.34. The summed E-state index contributed by atoms with van der Waals surface area (Å²) in [6.45, 7) is 5.62. The van der Waals surface area contributed by atoms with Gasteiger partial charge in [-0.2, -0.15) is 10.4 Å². The number of aromatic nitrogens is 4. The number of ether oxygens (including phenoxy) is 1. The molecule has 0 aliphatic heterocycles. The van der Waals surface area contributed by atoms with Crippen molar-refractivity contribution in [3.63, 3.8) is 0 Å². The summed E-state index contributed by atoms with van der Waals surface area (Å²) >= 11 is 0. The largest absolute Gasteiger partial charge is 0.438 e. The molecule has 0 saturated heterocycles. The monoisotopic (exact) mass is 409 g/mol. The fraction of sp³-hybridized carbons (Fsp3) is 0.333.